The van der Waals surface area contributed by atoms with E-state index >= 15 is 0 Å². The third-order valence-corrected chi connectivity index (χ3v) is 1.50. The summed E-state index contributed by atoms with van der Waals surface area (Å²) in [5.41, 5.74) is -0.736. The normalized spacial score (nSPS) is 10.8. The molecule has 1 aromatic rings. The van der Waals surface area contributed by atoms with E-state index in [1.807, 2.05) is 0 Å². The van der Waals surface area contributed by atoms with E-state index in [0.29, 0.717) is 5.56 Å². The minimum Gasteiger partial charge on any atom is -0.445 e. The number of hydrogen-bond donors (Lipinski definition) is 0. The van der Waals surface area contributed by atoms with E-state index in [4.69, 9.17) is 0 Å². The third-order valence-electron chi connectivity index (χ3n) is 1.50. The van der Waals surface area contributed by atoms with Crippen LogP contribution >= 0.6 is 0 Å². The van der Waals surface area contributed by atoms with Gasteiger partial charge in [-0.1, -0.05) is 23.2 Å². The predicted molar refractivity (Wildman–Crippen MR) is 39.8 cm³/mol. The second-order valence-corrected chi connectivity index (χ2v) is 2.60. The van der Waals surface area contributed by atoms with Gasteiger partial charge in [0.2, 0.25) is 0 Å². The molecular weight excluding hydrogens is 210 g/mol. The molecule has 66 valence electrons. The molecule has 0 saturated heterocycles. The molecule has 0 radical (unpaired) electrons. The molecule has 0 heterocycles. The molecule has 1 aromatic carbocycles. The van der Waals surface area contributed by atoms with Crippen LogP contribution in [0.1, 0.15) is 5.56 Å². The average molecular weight is 216 g/mol. The van der Waals surface area contributed by atoms with Gasteiger partial charge in [0.25, 0.3) is 0 Å². The first-order chi connectivity index (χ1) is 5.41. The van der Waals surface area contributed by atoms with E-state index < -0.39 is 18.3 Å². The number of aryl methyl sites for hydroxylation is 1. The van der Waals surface area contributed by atoms with Gasteiger partial charge in [0.1, 0.15) is 0 Å². The summed E-state index contributed by atoms with van der Waals surface area (Å²) in [7, 11) is 0. The molecule has 0 saturated carbocycles. The van der Waals surface area contributed by atoms with E-state index in [0.717, 1.165) is 12.1 Å². The molecule has 6 heteroatoms. The summed E-state index contributed by atoms with van der Waals surface area (Å²) in [5, 5.41) is 0. The van der Waals surface area contributed by atoms with Crippen LogP contribution in [-0.2, 0) is 0 Å². The molecular formula is C7H6BF4K. The Morgan fingerprint density at radius 2 is 1.69 bits per heavy atom. The molecule has 0 bridgehead atoms. The van der Waals surface area contributed by atoms with E-state index in [2.05, 4.69) is 0 Å². The smallest absolute Gasteiger partial charge is 0.445 e. The van der Waals surface area contributed by atoms with Crippen LogP contribution in [-0.4, -0.2) is 6.98 Å². The van der Waals surface area contributed by atoms with Crippen molar-refractivity contribution < 1.29 is 68.7 Å². The van der Waals surface area contributed by atoms with Crippen molar-refractivity contribution in [3.63, 3.8) is 0 Å². The second kappa shape index (κ2) is 4.93. The Labute approximate surface area is 116 Å². The van der Waals surface area contributed by atoms with Crippen molar-refractivity contribution in [2.75, 3.05) is 0 Å². The molecule has 13 heavy (non-hydrogen) atoms. The number of benzene rings is 1. The van der Waals surface area contributed by atoms with Gasteiger partial charge in [-0.2, -0.15) is 0 Å². The Kier molecular flexibility index (Phi) is 5.17. The minimum atomic E-state index is -5.22. The fourth-order valence-electron chi connectivity index (χ4n) is 0.914. The fraction of sp³-hybridized carbons (Fsp3) is 0.143. The molecule has 0 aliphatic heterocycles. The molecule has 1 rings (SSSR count). The van der Waals surface area contributed by atoms with Gasteiger partial charge in [0.15, 0.2) is 0 Å². The minimum absolute atomic E-state index is 0. The Morgan fingerprint density at radius 3 is 2.08 bits per heavy atom. The maximum atomic E-state index is 12.6. The summed E-state index contributed by atoms with van der Waals surface area (Å²) in [5.74, 6) is -1.20. The molecule has 0 spiro atoms. The van der Waals surface area contributed by atoms with E-state index in [1.54, 1.807) is 0 Å². The van der Waals surface area contributed by atoms with Crippen molar-refractivity contribution in [3.8, 4) is 0 Å². The zero-order valence-corrected chi connectivity index (χ0v) is 10.4. The maximum Gasteiger partial charge on any atom is 1.00 e. The zero-order valence-electron chi connectivity index (χ0n) is 7.32. The summed E-state index contributed by atoms with van der Waals surface area (Å²) in [6, 6.07) is 2.95. The van der Waals surface area contributed by atoms with Crippen molar-refractivity contribution >= 4 is 12.4 Å². The standard InChI is InChI=1S/C7H6BF4.K/c1-5-2-3-7(9)6(4-5)8(10,11)12;/h2-4H,1H3;/q-1;+1. The molecule has 0 atom stereocenters. The fourth-order valence-corrected chi connectivity index (χ4v) is 0.914. The van der Waals surface area contributed by atoms with Crippen molar-refractivity contribution in [1.82, 2.24) is 0 Å². The quantitative estimate of drug-likeness (QED) is 0.425. The summed E-state index contributed by atoms with van der Waals surface area (Å²) in [6.07, 6.45) is 0. The van der Waals surface area contributed by atoms with Crippen LogP contribution in [0.3, 0.4) is 0 Å². The second-order valence-electron chi connectivity index (χ2n) is 2.60. The van der Waals surface area contributed by atoms with Gasteiger partial charge in [-0.3, -0.25) is 0 Å². The predicted octanol–water partition coefficient (Wildman–Crippen LogP) is -0.807. The molecule has 0 fully saturated rings. The topological polar surface area (TPSA) is 0 Å². The Balaban J connectivity index is 0.00000144. The maximum absolute atomic E-state index is 12.6. The summed E-state index contributed by atoms with van der Waals surface area (Å²) in [6.45, 7) is -3.73. The SMILES string of the molecule is Cc1ccc(F)c([B-](F)(F)F)c1.[K+]. The van der Waals surface area contributed by atoms with Crippen LogP contribution < -0.4 is 56.8 Å². The first kappa shape index (κ1) is 13.6. The van der Waals surface area contributed by atoms with Crippen molar-refractivity contribution in [2.24, 2.45) is 0 Å². The summed E-state index contributed by atoms with van der Waals surface area (Å²) in [4.78, 5) is 0. The Hall–Kier alpha value is 0.641. The van der Waals surface area contributed by atoms with Crippen molar-refractivity contribution in [1.29, 1.82) is 0 Å². The van der Waals surface area contributed by atoms with Crippen LogP contribution in [0.15, 0.2) is 18.2 Å². The molecule has 0 amide bonds. The number of hydrogen-bond acceptors (Lipinski definition) is 0. The molecule has 0 nitrogen and oxygen atoms in total. The van der Waals surface area contributed by atoms with Crippen LogP contribution in [0.25, 0.3) is 0 Å². The van der Waals surface area contributed by atoms with Crippen LogP contribution in [0.4, 0.5) is 17.3 Å². The zero-order chi connectivity index (χ0) is 9.35. The Morgan fingerprint density at radius 1 is 1.15 bits per heavy atom. The van der Waals surface area contributed by atoms with Gasteiger partial charge in [-0.15, -0.1) is 0 Å². The monoisotopic (exact) mass is 216 g/mol. The van der Waals surface area contributed by atoms with Crippen LogP contribution in [0.5, 0.6) is 0 Å². The molecule has 0 aliphatic rings. The van der Waals surface area contributed by atoms with E-state index in [1.165, 1.54) is 13.0 Å². The first-order valence-corrected chi connectivity index (χ1v) is 3.37. The van der Waals surface area contributed by atoms with Gasteiger partial charge in [-0.25, -0.2) is 4.39 Å². The third kappa shape index (κ3) is 3.71. The molecule has 0 unspecified atom stereocenters. The number of halogens is 4. The Bertz CT molecular complexity index is 297. The van der Waals surface area contributed by atoms with Crippen molar-refractivity contribution in [2.45, 2.75) is 6.92 Å². The number of rotatable bonds is 1. The van der Waals surface area contributed by atoms with Gasteiger partial charge in [0.05, 0.1) is 5.82 Å². The first-order valence-electron chi connectivity index (χ1n) is 3.37. The molecule has 0 aliphatic carbocycles. The molecule has 0 N–H and O–H groups in total. The summed E-state index contributed by atoms with van der Waals surface area (Å²) < 4.78 is 48.7. The van der Waals surface area contributed by atoms with Gasteiger partial charge < -0.3 is 12.9 Å². The van der Waals surface area contributed by atoms with Crippen LogP contribution in [0.2, 0.25) is 0 Å². The summed E-state index contributed by atoms with van der Waals surface area (Å²) >= 11 is 0. The van der Waals surface area contributed by atoms with E-state index in [9.17, 15) is 17.3 Å². The van der Waals surface area contributed by atoms with Gasteiger partial charge >= 0.3 is 58.4 Å². The van der Waals surface area contributed by atoms with E-state index in [-0.39, 0.29) is 51.4 Å². The average Bonchev–Trinajstić information content (AvgIpc) is 1.92. The van der Waals surface area contributed by atoms with Gasteiger partial charge in [0, 0.05) is 0 Å². The van der Waals surface area contributed by atoms with Gasteiger partial charge in [-0.05, 0) is 13.0 Å². The molecule has 0 aromatic heterocycles. The largest absolute Gasteiger partial charge is 1.00 e. The van der Waals surface area contributed by atoms with Crippen molar-refractivity contribution in [3.05, 3.63) is 29.6 Å². The van der Waals surface area contributed by atoms with Crippen LogP contribution in [0, 0.1) is 12.7 Å².